The van der Waals surface area contributed by atoms with E-state index in [4.69, 9.17) is 16.2 Å². The van der Waals surface area contributed by atoms with Crippen LogP contribution in [0.2, 0.25) is 0 Å². The van der Waals surface area contributed by atoms with Gasteiger partial charge in [-0.05, 0) is 57.3 Å². The lowest BCUT2D eigenvalue weighted by atomic mass is 9.94. The zero-order valence-corrected chi connectivity index (χ0v) is 22.9. The highest BCUT2D eigenvalue weighted by Crippen LogP contribution is 2.31. The van der Waals surface area contributed by atoms with Crippen molar-refractivity contribution in [2.24, 2.45) is 23.3 Å². The number of hydrogen-bond acceptors (Lipinski definition) is 8. The Bertz CT molecular complexity index is 1240. The van der Waals surface area contributed by atoms with Gasteiger partial charge in [0.2, 0.25) is 0 Å². The van der Waals surface area contributed by atoms with E-state index < -0.39 is 29.2 Å². The molecule has 0 radical (unpaired) electrons. The number of aromatic nitrogens is 1. The van der Waals surface area contributed by atoms with Crippen molar-refractivity contribution in [2.45, 2.75) is 49.0 Å². The Morgan fingerprint density at radius 1 is 1.28 bits per heavy atom. The molecule has 0 aromatic carbocycles. The van der Waals surface area contributed by atoms with Crippen molar-refractivity contribution in [2.75, 3.05) is 27.2 Å². The number of methoxy groups -OCH3 is 1. The number of amides is 1. The van der Waals surface area contributed by atoms with Crippen LogP contribution >= 0.6 is 11.8 Å². The SMILES string of the molecule is COC1=CNC(C(F)F)C=C1c1cc(C#CC2CCCN(C)C2)ncc1C(=O)NC(N)SC(N)C#CC1CC1. The number of piperidine rings is 1. The fourth-order valence-corrected chi connectivity index (χ4v) is 4.97. The van der Waals surface area contributed by atoms with Gasteiger partial charge in [0.1, 0.15) is 28.4 Å². The molecule has 3 aliphatic rings. The Kier molecular flexibility index (Phi) is 9.87. The van der Waals surface area contributed by atoms with E-state index >= 15 is 0 Å². The lowest BCUT2D eigenvalue weighted by Crippen LogP contribution is -2.41. The largest absolute Gasteiger partial charge is 0.495 e. The zero-order valence-electron chi connectivity index (χ0n) is 22.0. The predicted molar refractivity (Wildman–Crippen MR) is 149 cm³/mol. The van der Waals surface area contributed by atoms with Crippen LogP contribution in [-0.4, -0.2) is 66.4 Å². The first kappa shape index (κ1) is 28.9. The Labute approximate surface area is 232 Å². The van der Waals surface area contributed by atoms with Gasteiger partial charge in [-0.3, -0.25) is 4.79 Å². The number of ether oxygens (including phenoxy) is 1. The number of likely N-dealkylation sites (tertiary alicyclic amines) is 1. The van der Waals surface area contributed by atoms with Crippen LogP contribution in [0.4, 0.5) is 8.78 Å². The third-order valence-corrected chi connectivity index (χ3v) is 7.37. The molecule has 0 spiro atoms. The van der Waals surface area contributed by atoms with Crippen molar-refractivity contribution < 1.29 is 18.3 Å². The maximum Gasteiger partial charge on any atom is 0.261 e. The first-order valence-electron chi connectivity index (χ1n) is 12.9. The number of carbonyl (C=O) groups is 1. The molecule has 4 rings (SSSR count). The van der Waals surface area contributed by atoms with Crippen molar-refractivity contribution in [1.82, 2.24) is 20.5 Å². The van der Waals surface area contributed by atoms with E-state index in [0.29, 0.717) is 28.5 Å². The fraction of sp³-hybridized carbons (Fsp3) is 0.500. The maximum atomic E-state index is 13.6. The normalized spacial score (nSPS) is 22.6. The average Bonchev–Trinajstić information content (AvgIpc) is 3.75. The quantitative estimate of drug-likeness (QED) is 0.299. The molecule has 1 saturated heterocycles. The second-order valence-corrected chi connectivity index (χ2v) is 11.1. The van der Waals surface area contributed by atoms with Gasteiger partial charge in [-0.2, -0.15) is 0 Å². The molecule has 4 atom stereocenters. The maximum absolute atomic E-state index is 13.6. The number of rotatable bonds is 7. The van der Waals surface area contributed by atoms with Crippen LogP contribution in [0.5, 0.6) is 0 Å². The van der Waals surface area contributed by atoms with Gasteiger partial charge in [0, 0.05) is 41.9 Å². The summed E-state index contributed by atoms with van der Waals surface area (Å²) in [6.45, 7) is 1.91. The van der Waals surface area contributed by atoms with Crippen molar-refractivity contribution in [3.63, 3.8) is 0 Å². The number of halogens is 2. The van der Waals surface area contributed by atoms with Crippen LogP contribution < -0.4 is 22.1 Å². The van der Waals surface area contributed by atoms with Crippen LogP contribution in [0.3, 0.4) is 0 Å². The highest BCUT2D eigenvalue weighted by atomic mass is 32.2. The van der Waals surface area contributed by atoms with Gasteiger partial charge < -0.3 is 31.7 Å². The monoisotopic (exact) mass is 556 g/mol. The van der Waals surface area contributed by atoms with Gasteiger partial charge in [-0.1, -0.05) is 29.5 Å². The lowest BCUT2D eigenvalue weighted by molar-refractivity contribution is 0.0950. The summed E-state index contributed by atoms with van der Waals surface area (Å²) in [6, 6.07) is 0.378. The van der Waals surface area contributed by atoms with E-state index in [0.717, 1.165) is 50.5 Å². The Balaban J connectivity index is 1.61. The zero-order chi connectivity index (χ0) is 27.9. The van der Waals surface area contributed by atoms with Crippen molar-refractivity contribution in [3.8, 4) is 23.7 Å². The molecule has 1 aliphatic carbocycles. The van der Waals surface area contributed by atoms with E-state index in [1.807, 2.05) is 0 Å². The third kappa shape index (κ3) is 8.20. The summed E-state index contributed by atoms with van der Waals surface area (Å²) in [7, 11) is 3.50. The number of dihydropyridines is 1. The molecule has 0 bridgehead atoms. The number of thioether (sulfide) groups is 1. The standard InChI is InChI=1S/C28H34F2N6O2S/c1-36-11-3-4-18(16-36)7-9-19-12-20(21-13-23(26(29)30)34-15-24(21)38-2)22(14-33-19)27(37)35-28(32)39-25(31)10-8-17-5-6-17/h12-15,17-18,23,25-26,28,34H,3-6,11,16,31-32H2,1-2H3,(H,35,37). The van der Waals surface area contributed by atoms with Crippen molar-refractivity contribution >= 4 is 23.2 Å². The second kappa shape index (κ2) is 13.3. The van der Waals surface area contributed by atoms with Gasteiger partial charge in [-0.25, -0.2) is 13.8 Å². The van der Waals surface area contributed by atoms with Gasteiger partial charge in [0.05, 0.1) is 12.7 Å². The molecule has 8 nitrogen and oxygen atoms in total. The van der Waals surface area contributed by atoms with Gasteiger partial charge >= 0.3 is 0 Å². The summed E-state index contributed by atoms with van der Waals surface area (Å²) in [6.07, 6.45) is 5.67. The summed E-state index contributed by atoms with van der Waals surface area (Å²) in [5.74, 6) is 12.8. The summed E-state index contributed by atoms with van der Waals surface area (Å²) in [5, 5.41) is 4.77. The number of hydrogen-bond donors (Lipinski definition) is 4. The third-order valence-electron chi connectivity index (χ3n) is 6.55. The fourth-order valence-electron chi connectivity index (χ4n) is 4.34. The molecule has 6 N–H and O–H groups in total. The Hall–Kier alpha value is -3.09. The molecular weight excluding hydrogens is 522 g/mol. The van der Waals surface area contributed by atoms with E-state index in [9.17, 15) is 13.6 Å². The first-order chi connectivity index (χ1) is 18.7. The number of nitrogens with two attached hydrogens (primary N) is 2. The molecule has 1 aromatic heterocycles. The average molecular weight is 557 g/mol. The minimum absolute atomic E-state index is 0.149. The number of pyridine rings is 1. The summed E-state index contributed by atoms with van der Waals surface area (Å²) in [4.78, 5) is 20.0. The Morgan fingerprint density at radius 2 is 2.08 bits per heavy atom. The number of alkyl halides is 2. The molecule has 3 heterocycles. The molecule has 208 valence electrons. The van der Waals surface area contributed by atoms with Crippen molar-refractivity contribution in [1.29, 1.82) is 0 Å². The number of nitrogens with one attached hydrogen (secondary N) is 2. The molecule has 39 heavy (non-hydrogen) atoms. The van der Waals surface area contributed by atoms with E-state index in [1.165, 1.54) is 25.6 Å². The van der Waals surface area contributed by atoms with Gasteiger partial charge in [0.15, 0.2) is 0 Å². The van der Waals surface area contributed by atoms with E-state index in [-0.39, 0.29) is 11.5 Å². The van der Waals surface area contributed by atoms with Crippen LogP contribution in [0.25, 0.3) is 5.57 Å². The van der Waals surface area contributed by atoms with Gasteiger partial charge in [-0.15, -0.1) is 0 Å². The van der Waals surface area contributed by atoms with Crippen LogP contribution in [0, 0.1) is 35.5 Å². The van der Waals surface area contributed by atoms with Crippen LogP contribution in [0.1, 0.15) is 47.3 Å². The minimum atomic E-state index is -2.67. The molecule has 2 aliphatic heterocycles. The smallest absolute Gasteiger partial charge is 0.261 e. The first-order valence-corrected chi connectivity index (χ1v) is 13.9. The molecular formula is C28H34F2N6O2S. The Morgan fingerprint density at radius 3 is 2.77 bits per heavy atom. The minimum Gasteiger partial charge on any atom is -0.495 e. The van der Waals surface area contributed by atoms with E-state index in [1.54, 1.807) is 6.07 Å². The van der Waals surface area contributed by atoms with Gasteiger partial charge in [0.25, 0.3) is 12.3 Å². The molecule has 1 amide bonds. The molecule has 4 unspecified atom stereocenters. The van der Waals surface area contributed by atoms with Crippen molar-refractivity contribution in [3.05, 3.63) is 47.1 Å². The summed E-state index contributed by atoms with van der Waals surface area (Å²) >= 11 is 1.11. The molecule has 1 saturated carbocycles. The molecule has 11 heteroatoms. The number of carbonyl (C=O) groups excluding carboxylic acids is 1. The highest BCUT2D eigenvalue weighted by Gasteiger charge is 2.27. The second-order valence-electron chi connectivity index (χ2n) is 9.82. The lowest BCUT2D eigenvalue weighted by Gasteiger charge is -2.26. The molecule has 2 fully saturated rings. The summed E-state index contributed by atoms with van der Waals surface area (Å²) in [5.41, 5.74) is 12.6. The number of nitrogens with zero attached hydrogens (tertiary/aromatic N) is 2. The van der Waals surface area contributed by atoms with Crippen LogP contribution in [-0.2, 0) is 4.74 Å². The highest BCUT2D eigenvalue weighted by molar-refractivity contribution is 8.00. The topological polar surface area (TPSA) is 119 Å². The van der Waals surface area contributed by atoms with E-state index in [2.05, 4.69) is 51.2 Å². The van der Waals surface area contributed by atoms with Crippen LogP contribution in [0.15, 0.2) is 30.3 Å². The number of allylic oxidation sites excluding steroid dienone is 1. The predicted octanol–water partition coefficient (Wildman–Crippen LogP) is 2.29. The summed E-state index contributed by atoms with van der Waals surface area (Å²) < 4.78 is 32.7. The molecule has 1 aromatic rings.